The van der Waals surface area contributed by atoms with Crippen LogP contribution in [-0.2, 0) is 0 Å². The monoisotopic (exact) mass is 193 g/mol. The minimum Gasteiger partial charge on any atom is -0.486 e. The van der Waals surface area contributed by atoms with Crippen LogP contribution in [0, 0.1) is 0 Å². The van der Waals surface area contributed by atoms with Gasteiger partial charge in [0.1, 0.15) is 12.2 Å². The summed E-state index contributed by atoms with van der Waals surface area (Å²) in [6, 6.07) is 7.71. The summed E-state index contributed by atoms with van der Waals surface area (Å²) in [5.41, 5.74) is 5.25. The molecule has 1 aromatic rings. The maximum Gasteiger partial charge on any atom is 0.162 e. The highest BCUT2D eigenvalue weighted by Gasteiger charge is 2.31. The Balaban J connectivity index is 2.20. The highest BCUT2D eigenvalue weighted by molar-refractivity contribution is 5.41. The number of rotatable bonds is 2. The molecule has 0 fully saturated rings. The third kappa shape index (κ3) is 1.68. The SMILES string of the molecule is CC1(CCN)COc2ccccc2O1. The van der Waals surface area contributed by atoms with Crippen molar-refractivity contribution < 1.29 is 9.47 Å². The van der Waals surface area contributed by atoms with E-state index in [1.54, 1.807) is 0 Å². The summed E-state index contributed by atoms with van der Waals surface area (Å²) in [4.78, 5) is 0. The molecule has 0 radical (unpaired) electrons. The van der Waals surface area contributed by atoms with Gasteiger partial charge in [-0.3, -0.25) is 0 Å². The number of benzene rings is 1. The summed E-state index contributed by atoms with van der Waals surface area (Å²) in [7, 11) is 0. The first-order chi connectivity index (χ1) is 6.73. The van der Waals surface area contributed by atoms with Crippen molar-refractivity contribution in [3.05, 3.63) is 24.3 Å². The normalized spacial score (nSPS) is 24.7. The molecule has 1 heterocycles. The lowest BCUT2D eigenvalue weighted by atomic mass is 10.0. The van der Waals surface area contributed by atoms with Gasteiger partial charge in [-0.15, -0.1) is 0 Å². The van der Waals surface area contributed by atoms with Gasteiger partial charge >= 0.3 is 0 Å². The van der Waals surface area contributed by atoms with Gasteiger partial charge < -0.3 is 15.2 Å². The molecule has 1 aliphatic heterocycles. The van der Waals surface area contributed by atoms with E-state index in [-0.39, 0.29) is 5.60 Å². The first-order valence-corrected chi connectivity index (χ1v) is 4.84. The molecule has 0 spiro atoms. The topological polar surface area (TPSA) is 44.5 Å². The number of ether oxygens (including phenoxy) is 2. The molecule has 3 heteroatoms. The number of nitrogens with two attached hydrogens (primary N) is 1. The summed E-state index contributed by atoms with van der Waals surface area (Å²) < 4.78 is 11.5. The van der Waals surface area contributed by atoms with Crippen LogP contribution in [0.15, 0.2) is 24.3 Å². The van der Waals surface area contributed by atoms with Crippen molar-refractivity contribution in [1.29, 1.82) is 0 Å². The summed E-state index contributed by atoms with van der Waals surface area (Å²) in [5.74, 6) is 1.64. The number of para-hydroxylation sites is 2. The first kappa shape index (κ1) is 9.34. The molecule has 1 atom stereocenters. The van der Waals surface area contributed by atoms with Crippen molar-refractivity contribution in [3.63, 3.8) is 0 Å². The highest BCUT2D eigenvalue weighted by Crippen LogP contribution is 2.35. The minimum absolute atomic E-state index is 0.275. The Kier molecular flexibility index (Phi) is 2.33. The minimum atomic E-state index is -0.275. The summed E-state index contributed by atoms with van der Waals surface area (Å²) in [6.45, 7) is 3.21. The van der Waals surface area contributed by atoms with E-state index in [2.05, 4.69) is 0 Å². The smallest absolute Gasteiger partial charge is 0.162 e. The van der Waals surface area contributed by atoms with Gasteiger partial charge in [0.05, 0.1) is 0 Å². The predicted octanol–water partition coefficient (Wildman–Crippen LogP) is 1.57. The molecule has 2 rings (SSSR count). The third-order valence-corrected chi connectivity index (χ3v) is 2.41. The van der Waals surface area contributed by atoms with E-state index in [0.717, 1.165) is 17.9 Å². The van der Waals surface area contributed by atoms with Crippen LogP contribution in [0.1, 0.15) is 13.3 Å². The van der Waals surface area contributed by atoms with Crippen molar-refractivity contribution in [2.24, 2.45) is 5.73 Å². The van der Waals surface area contributed by atoms with Gasteiger partial charge in [-0.25, -0.2) is 0 Å². The van der Waals surface area contributed by atoms with Crippen molar-refractivity contribution >= 4 is 0 Å². The van der Waals surface area contributed by atoms with E-state index in [0.29, 0.717) is 13.2 Å². The maximum absolute atomic E-state index is 5.85. The van der Waals surface area contributed by atoms with Gasteiger partial charge in [0.25, 0.3) is 0 Å². The lowest BCUT2D eigenvalue weighted by Gasteiger charge is -2.35. The van der Waals surface area contributed by atoms with Crippen LogP contribution in [0.25, 0.3) is 0 Å². The van der Waals surface area contributed by atoms with E-state index >= 15 is 0 Å². The Morgan fingerprint density at radius 2 is 2.07 bits per heavy atom. The van der Waals surface area contributed by atoms with Crippen molar-refractivity contribution in [2.75, 3.05) is 13.2 Å². The third-order valence-electron chi connectivity index (χ3n) is 2.41. The molecule has 0 aliphatic carbocycles. The number of hydrogen-bond donors (Lipinski definition) is 1. The molecular weight excluding hydrogens is 178 g/mol. The van der Waals surface area contributed by atoms with Crippen LogP contribution in [0.4, 0.5) is 0 Å². The first-order valence-electron chi connectivity index (χ1n) is 4.84. The van der Waals surface area contributed by atoms with Crippen molar-refractivity contribution in [2.45, 2.75) is 18.9 Å². The van der Waals surface area contributed by atoms with Crippen LogP contribution in [-0.4, -0.2) is 18.8 Å². The Hall–Kier alpha value is -1.22. The average molecular weight is 193 g/mol. The Labute approximate surface area is 83.8 Å². The Morgan fingerprint density at radius 1 is 1.36 bits per heavy atom. The van der Waals surface area contributed by atoms with Crippen LogP contribution < -0.4 is 15.2 Å². The predicted molar refractivity (Wildman–Crippen MR) is 54.6 cm³/mol. The molecule has 0 saturated heterocycles. The molecule has 0 bridgehead atoms. The van der Waals surface area contributed by atoms with Crippen molar-refractivity contribution in [3.8, 4) is 11.5 Å². The molecule has 0 aromatic heterocycles. The van der Waals surface area contributed by atoms with Gasteiger partial charge in [-0.2, -0.15) is 0 Å². The molecule has 1 aromatic carbocycles. The maximum atomic E-state index is 5.85. The summed E-state index contributed by atoms with van der Waals surface area (Å²) in [6.07, 6.45) is 0.807. The number of fused-ring (bicyclic) bond motifs is 1. The molecule has 76 valence electrons. The largest absolute Gasteiger partial charge is 0.486 e. The quantitative estimate of drug-likeness (QED) is 0.775. The van der Waals surface area contributed by atoms with E-state index in [9.17, 15) is 0 Å². The number of hydrogen-bond acceptors (Lipinski definition) is 3. The van der Waals surface area contributed by atoms with Crippen molar-refractivity contribution in [1.82, 2.24) is 0 Å². The van der Waals surface area contributed by atoms with Gasteiger partial charge in [-0.05, 0) is 25.6 Å². The molecule has 0 saturated carbocycles. The second-order valence-corrected chi connectivity index (χ2v) is 3.83. The van der Waals surface area contributed by atoms with Crippen LogP contribution in [0.2, 0.25) is 0 Å². The molecule has 3 nitrogen and oxygen atoms in total. The highest BCUT2D eigenvalue weighted by atomic mass is 16.6. The average Bonchev–Trinajstić information content (AvgIpc) is 2.17. The van der Waals surface area contributed by atoms with Crippen LogP contribution in [0.3, 0.4) is 0 Å². The van der Waals surface area contributed by atoms with E-state index < -0.39 is 0 Å². The Morgan fingerprint density at radius 3 is 2.79 bits per heavy atom. The fourth-order valence-electron chi connectivity index (χ4n) is 1.61. The molecule has 0 amide bonds. The molecule has 1 aliphatic rings. The van der Waals surface area contributed by atoms with Crippen LogP contribution >= 0.6 is 0 Å². The van der Waals surface area contributed by atoms with Gasteiger partial charge in [0.2, 0.25) is 0 Å². The fourth-order valence-corrected chi connectivity index (χ4v) is 1.61. The zero-order valence-corrected chi connectivity index (χ0v) is 8.32. The summed E-state index contributed by atoms with van der Waals surface area (Å²) in [5, 5.41) is 0. The standard InChI is InChI=1S/C11H15NO2/c1-11(6-7-12)8-13-9-4-2-3-5-10(9)14-11/h2-5H,6-8,12H2,1H3. The molecular formula is C11H15NO2. The zero-order chi connectivity index (χ0) is 10.0. The molecule has 1 unspecified atom stereocenters. The van der Waals surface area contributed by atoms with E-state index in [1.165, 1.54) is 0 Å². The lowest BCUT2D eigenvalue weighted by Crippen LogP contribution is -2.43. The van der Waals surface area contributed by atoms with Gasteiger partial charge in [0.15, 0.2) is 11.5 Å². The van der Waals surface area contributed by atoms with Gasteiger partial charge in [0, 0.05) is 6.42 Å². The van der Waals surface area contributed by atoms with E-state index in [4.69, 9.17) is 15.2 Å². The molecule has 2 N–H and O–H groups in total. The van der Waals surface area contributed by atoms with Gasteiger partial charge in [-0.1, -0.05) is 12.1 Å². The van der Waals surface area contributed by atoms with Crippen LogP contribution in [0.5, 0.6) is 11.5 Å². The summed E-state index contributed by atoms with van der Waals surface area (Å²) >= 11 is 0. The Bertz CT molecular complexity index is 327. The lowest BCUT2D eigenvalue weighted by molar-refractivity contribution is 0.00167. The van der Waals surface area contributed by atoms with E-state index in [1.807, 2.05) is 31.2 Å². The molecule has 14 heavy (non-hydrogen) atoms. The fraction of sp³-hybridized carbons (Fsp3) is 0.455. The zero-order valence-electron chi connectivity index (χ0n) is 8.32. The second-order valence-electron chi connectivity index (χ2n) is 3.83. The second kappa shape index (κ2) is 3.50.